The lowest BCUT2D eigenvalue weighted by atomic mass is 9.99. The van der Waals surface area contributed by atoms with Crippen LogP contribution in [0.3, 0.4) is 0 Å². The summed E-state index contributed by atoms with van der Waals surface area (Å²) in [6, 6.07) is 16.2. The first-order valence-corrected chi connectivity index (χ1v) is 7.27. The fraction of sp³-hybridized carbons (Fsp3) is 0.0625. The predicted molar refractivity (Wildman–Crippen MR) is 81.8 cm³/mol. The molecule has 0 saturated heterocycles. The molecule has 0 bridgehead atoms. The van der Waals surface area contributed by atoms with E-state index in [0.717, 1.165) is 21.9 Å². The molecule has 3 rings (SSSR count). The van der Waals surface area contributed by atoms with Crippen LogP contribution in [-0.2, 0) is 0 Å². The summed E-state index contributed by atoms with van der Waals surface area (Å²) in [7, 11) is 0. The molecule has 1 N–H and O–H groups in total. The van der Waals surface area contributed by atoms with Gasteiger partial charge in [0.25, 0.3) is 5.56 Å². The molecule has 1 heterocycles. The molecule has 0 atom stereocenters. The van der Waals surface area contributed by atoms with Crippen molar-refractivity contribution in [3.8, 4) is 11.1 Å². The van der Waals surface area contributed by atoms with Crippen molar-refractivity contribution in [2.75, 3.05) is 6.26 Å². The molecule has 2 nitrogen and oxygen atoms in total. The minimum absolute atomic E-state index is 0.0416. The minimum atomic E-state index is -0.0416. The van der Waals surface area contributed by atoms with E-state index in [1.54, 1.807) is 18.0 Å². The Kier molecular flexibility index (Phi) is 3.13. The van der Waals surface area contributed by atoms with Crippen molar-refractivity contribution in [1.82, 2.24) is 4.98 Å². The molecule has 1 aromatic heterocycles. The van der Waals surface area contributed by atoms with E-state index in [1.807, 2.05) is 18.2 Å². The Morgan fingerprint density at radius 3 is 2.47 bits per heavy atom. The molecule has 0 saturated carbocycles. The zero-order valence-corrected chi connectivity index (χ0v) is 11.3. The van der Waals surface area contributed by atoms with Gasteiger partial charge in [0.15, 0.2) is 0 Å². The van der Waals surface area contributed by atoms with Gasteiger partial charge in [0.2, 0.25) is 0 Å². The summed E-state index contributed by atoms with van der Waals surface area (Å²) in [4.78, 5) is 15.8. The van der Waals surface area contributed by atoms with Crippen molar-refractivity contribution in [3.05, 3.63) is 65.1 Å². The lowest BCUT2D eigenvalue weighted by molar-refractivity contribution is 1.28. The monoisotopic (exact) mass is 267 g/mol. The number of aromatic amines is 1. The molecule has 0 aliphatic rings. The van der Waals surface area contributed by atoms with Gasteiger partial charge in [0.1, 0.15) is 0 Å². The van der Waals surface area contributed by atoms with Gasteiger partial charge in [-0.1, -0.05) is 24.3 Å². The maximum atomic E-state index is 11.8. The Bertz CT molecular complexity index is 775. The average Bonchev–Trinajstić information content (AvgIpc) is 2.47. The van der Waals surface area contributed by atoms with Crippen molar-refractivity contribution in [2.45, 2.75) is 4.90 Å². The second kappa shape index (κ2) is 4.94. The zero-order valence-electron chi connectivity index (χ0n) is 10.5. The number of H-pyrrole nitrogens is 1. The molecule has 19 heavy (non-hydrogen) atoms. The lowest BCUT2D eigenvalue weighted by Gasteiger charge is -2.07. The number of hydrogen-bond donors (Lipinski definition) is 1. The smallest absolute Gasteiger partial charge is 0.255 e. The third kappa shape index (κ3) is 2.17. The zero-order chi connectivity index (χ0) is 13.2. The van der Waals surface area contributed by atoms with E-state index >= 15 is 0 Å². The van der Waals surface area contributed by atoms with Gasteiger partial charge < -0.3 is 4.98 Å². The normalized spacial score (nSPS) is 10.8. The van der Waals surface area contributed by atoms with Gasteiger partial charge in [-0.05, 0) is 47.0 Å². The largest absolute Gasteiger partial charge is 0.329 e. The molecule has 3 heteroatoms. The Morgan fingerprint density at radius 1 is 0.947 bits per heavy atom. The number of fused-ring (bicyclic) bond motifs is 1. The molecule has 2 aromatic carbocycles. The van der Waals surface area contributed by atoms with E-state index in [2.05, 4.69) is 41.6 Å². The molecule has 3 aromatic rings. The second-order valence-corrected chi connectivity index (χ2v) is 5.18. The number of nitrogens with one attached hydrogen (secondary N) is 1. The fourth-order valence-corrected chi connectivity index (χ4v) is 2.65. The van der Waals surface area contributed by atoms with Crippen LogP contribution < -0.4 is 5.56 Å². The molecule has 0 spiro atoms. The summed E-state index contributed by atoms with van der Waals surface area (Å²) in [5.74, 6) is 0. The van der Waals surface area contributed by atoms with E-state index in [0.29, 0.717) is 0 Å². The standard InChI is InChI=1S/C16H13NOS/c1-19-12-7-5-11(6-8-12)13-3-2-4-15-14(13)9-10-17-16(15)18/h2-10H,1H3,(H,17,18). The summed E-state index contributed by atoms with van der Waals surface area (Å²) in [5, 5.41) is 1.72. The highest BCUT2D eigenvalue weighted by atomic mass is 32.2. The summed E-state index contributed by atoms with van der Waals surface area (Å²) < 4.78 is 0. The van der Waals surface area contributed by atoms with Gasteiger partial charge in [0, 0.05) is 16.5 Å². The Balaban J connectivity index is 2.24. The minimum Gasteiger partial charge on any atom is -0.329 e. The first-order valence-electron chi connectivity index (χ1n) is 6.04. The molecule has 0 aliphatic carbocycles. The van der Waals surface area contributed by atoms with E-state index in [9.17, 15) is 4.79 Å². The number of benzene rings is 2. The summed E-state index contributed by atoms with van der Waals surface area (Å²) >= 11 is 1.72. The average molecular weight is 267 g/mol. The number of rotatable bonds is 2. The van der Waals surface area contributed by atoms with Crippen molar-refractivity contribution in [2.24, 2.45) is 0 Å². The lowest BCUT2D eigenvalue weighted by Crippen LogP contribution is -2.04. The predicted octanol–water partition coefficient (Wildman–Crippen LogP) is 3.92. The molecule has 94 valence electrons. The van der Waals surface area contributed by atoms with Crippen LogP contribution in [0, 0.1) is 0 Å². The van der Waals surface area contributed by atoms with Crippen molar-refractivity contribution in [1.29, 1.82) is 0 Å². The first-order chi connectivity index (χ1) is 9.29. The summed E-state index contributed by atoms with van der Waals surface area (Å²) in [5.41, 5.74) is 2.19. The first kappa shape index (κ1) is 12.1. The van der Waals surface area contributed by atoms with Crippen LogP contribution in [0.15, 0.2) is 64.4 Å². The molecule has 0 radical (unpaired) electrons. The number of pyridine rings is 1. The molecular formula is C16H13NOS. The molecule has 0 amide bonds. The van der Waals surface area contributed by atoms with Crippen molar-refractivity contribution in [3.63, 3.8) is 0 Å². The third-order valence-electron chi connectivity index (χ3n) is 3.22. The van der Waals surface area contributed by atoms with Crippen LogP contribution in [0.1, 0.15) is 0 Å². The molecule has 0 unspecified atom stereocenters. The van der Waals surface area contributed by atoms with Crippen LogP contribution in [0.5, 0.6) is 0 Å². The summed E-state index contributed by atoms with van der Waals surface area (Å²) in [6.07, 6.45) is 3.76. The summed E-state index contributed by atoms with van der Waals surface area (Å²) in [6.45, 7) is 0. The van der Waals surface area contributed by atoms with Crippen molar-refractivity contribution < 1.29 is 0 Å². The molecule has 0 fully saturated rings. The maximum absolute atomic E-state index is 11.8. The van der Waals surface area contributed by atoms with E-state index in [-0.39, 0.29) is 5.56 Å². The number of thioether (sulfide) groups is 1. The van der Waals surface area contributed by atoms with Crippen LogP contribution in [0.25, 0.3) is 21.9 Å². The van der Waals surface area contributed by atoms with Gasteiger partial charge in [-0.2, -0.15) is 0 Å². The van der Waals surface area contributed by atoms with Crippen LogP contribution in [0.4, 0.5) is 0 Å². The van der Waals surface area contributed by atoms with E-state index in [1.165, 1.54) is 4.90 Å². The van der Waals surface area contributed by atoms with Gasteiger partial charge in [0.05, 0.1) is 0 Å². The van der Waals surface area contributed by atoms with E-state index < -0.39 is 0 Å². The van der Waals surface area contributed by atoms with Gasteiger partial charge in [-0.25, -0.2) is 0 Å². The highest BCUT2D eigenvalue weighted by Gasteiger charge is 2.05. The van der Waals surface area contributed by atoms with Crippen LogP contribution >= 0.6 is 11.8 Å². The van der Waals surface area contributed by atoms with E-state index in [4.69, 9.17) is 0 Å². The third-order valence-corrected chi connectivity index (χ3v) is 3.96. The van der Waals surface area contributed by atoms with Crippen LogP contribution in [-0.4, -0.2) is 11.2 Å². The Morgan fingerprint density at radius 2 is 1.74 bits per heavy atom. The fourth-order valence-electron chi connectivity index (χ4n) is 2.24. The quantitative estimate of drug-likeness (QED) is 0.714. The van der Waals surface area contributed by atoms with Crippen molar-refractivity contribution >= 4 is 22.5 Å². The van der Waals surface area contributed by atoms with Gasteiger partial charge in [-0.3, -0.25) is 4.79 Å². The molecule has 0 aliphatic heterocycles. The van der Waals surface area contributed by atoms with Gasteiger partial charge in [-0.15, -0.1) is 11.8 Å². The van der Waals surface area contributed by atoms with Gasteiger partial charge >= 0.3 is 0 Å². The Labute approximate surface area is 115 Å². The topological polar surface area (TPSA) is 32.9 Å². The molecular weight excluding hydrogens is 254 g/mol. The van der Waals surface area contributed by atoms with Crippen LogP contribution in [0.2, 0.25) is 0 Å². The second-order valence-electron chi connectivity index (χ2n) is 4.30. The highest BCUT2D eigenvalue weighted by molar-refractivity contribution is 7.98. The maximum Gasteiger partial charge on any atom is 0.255 e. The number of aromatic nitrogens is 1. The number of hydrogen-bond acceptors (Lipinski definition) is 2. The Hall–Kier alpha value is -2.00. The SMILES string of the molecule is CSc1ccc(-c2cccc3c(=O)[nH]ccc23)cc1. The highest BCUT2D eigenvalue weighted by Crippen LogP contribution is 2.28.